The molecule has 2 N–H and O–H groups in total. The summed E-state index contributed by atoms with van der Waals surface area (Å²) in [7, 11) is 0. The third kappa shape index (κ3) is 1.40. The van der Waals surface area contributed by atoms with Crippen LogP contribution in [0.4, 0.5) is 5.82 Å². The summed E-state index contributed by atoms with van der Waals surface area (Å²) in [5.41, 5.74) is 8.65. The number of rotatable bonds is 1. The highest BCUT2D eigenvalue weighted by Crippen LogP contribution is 2.25. The summed E-state index contributed by atoms with van der Waals surface area (Å²) in [6.45, 7) is 2.98. The molecule has 0 unspecified atom stereocenters. The first-order chi connectivity index (χ1) is 8.72. The minimum Gasteiger partial charge on any atom is -0.382 e. The van der Waals surface area contributed by atoms with E-state index in [0.29, 0.717) is 11.4 Å². The van der Waals surface area contributed by atoms with E-state index in [0.717, 1.165) is 30.8 Å². The smallest absolute Gasteiger partial charge is 0.180 e. The molecule has 18 heavy (non-hydrogen) atoms. The third-order valence-corrected chi connectivity index (χ3v) is 3.46. The fourth-order valence-electron chi connectivity index (χ4n) is 2.44. The van der Waals surface area contributed by atoms with Gasteiger partial charge in [0.05, 0.1) is 6.20 Å². The predicted molar refractivity (Wildman–Crippen MR) is 66.2 cm³/mol. The number of fused-ring (bicyclic) bond motifs is 1. The second-order valence-corrected chi connectivity index (χ2v) is 4.54. The van der Waals surface area contributed by atoms with Crippen molar-refractivity contribution in [3.8, 4) is 11.9 Å². The molecular weight excluding hydrogens is 228 g/mol. The number of nitrogens with zero attached hydrogens (tertiary/aromatic N) is 5. The van der Waals surface area contributed by atoms with Crippen LogP contribution in [0.2, 0.25) is 0 Å². The highest BCUT2D eigenvalue weighted by molar-refractivity contribution is 5.53. The van der Waals surface area contributed by atoms with Gasteiger partial charge in [0.2, 0.25) is 0 Å². The van der Waals surface area contributed by atoms with Gasteiger partial charge in [0, 0.05) is 17.8 Å². The van der Waals surface area contributed by atoms with E-state index in [-0.39, 0.29) is 0 Å². The normalized spacial score (nSPS) is 14.2. The van der Waals surface area contributed by atoms with Gasteiger partial charge in [-0.25, -0.2) is 0 Å². The first kappa shape index (κ1) is 10.8. The number of nitrogens with two attached hydrogens (primary N) is 1. The standard InChI is InChI=1S/C12H14N6/c1-8-10-4-2-3-5-17(10)16-12(8)18-11(14)9(6-13)7-15-18/h7H,2-5,14H2,1H3. The van der Waals surface area contributed by atoms with Gasteiger partial charge in [-0.05, 0) is 26.2 Å². The van der Waals surface area contributed by atoms with Crippen LogP contribution in [-0.2, 0) is 13.0 Å². The highest BCUT2D eigenvalue weighted by atomic mass is 15.4. The van der Waals surface area contributed by atoms with Crippen molar-refractivity contribution >= 4 is 5.82 Å². The van der Waals surface area contributed by atoms with E-state index in [1.54, 1.807) is 4.68 Å². The molecule has 0 fully saturated rings. The maximum absolute atomic E-state index is 8.90. The average Bonchev–Trinajstić information content (AvgIpc) is 2.91. The Hall–Kier alpha value is -2.29. The van der Waals surface area contributed by atoms with Crippen molar-refractivity contribution in [2.75, 3.05) is 5.73 Å². The van der Waals surface area contributed by atoms with Crippen molar-refractivity contribution in [2.45, 2.75) is 32.7 Å². The van der Waals surface area contributed by atoms with Gasteiger partial charge in [-0.15, -0.1) is 0 Å². The summed E-state index contributed by atoms with van der Waals surface area (Å²) in [5, 5.41) is 17.6. The van der Waals surface area contributed by atoms with E-state index >= 15 is 0 Å². The SMILES string of the molecule is Cc1c(-n2ncc(C#N)c2N)nn2c1CCCC2. The van der Waals surface area contributed by atoms with Gasteiger partial charge in [0.25, 0.3) is 0 Å². The molecule has 3 heterocycles. The molecule has 0 aromatic carbocycles. The van der Waals surface area contributed by atoms with Crippen LogP contribution < -0.4 is 5.73 Å². The van der Waals surface area contributed by atoms with Crippen LogP contribution in [0.1, 0.15) is 29.7 Å². The Morgan fingerprint density at radius 3 is 2.94 bits per heavy atom. The van der Waals surface area contributed by atoms with Crippen molar-refractivity contribution < 1.29 is 0 Å². The molecule has 0 aliphatic carbocycles. The van der Waals surface area contributed by atoms with Crippen molar-refractivity contribution in [1.82, 2.24) is 19.6 Å². The lowest BCUT2D eigenvalue weighted by Crippen LogP contribution is -2.11. The van der Waals surface area contributed by atoms with Gasteiger partial charge in [-0.2, -0.15) is 20.1 Å². The second-order valence-electron chi connectivity index (χ2n) is 4.54. The molecule has 3 rings (SSSR count). The largest absolute Gasteiger partial charge is 0.382 e. The van der Waals surface area contributed by atoms with Crippen LogP contribution in [0.3, 0.4) is 0 Å². The lowest BCUT2D eigenvalue weighted by molar-refractivity contribution is 0.483. The molecule has 2 aromatic heterocycles. The molecule has 1 aliphatic rings. The average molecular weight is 242 g/mol. The van der Waals surface area contributed by atoms with Gasteiger partial charge >= 0.3 is 0 Å². The summed E-state index contributed by atoms with van der Waals surface area (Å²) in [4.78, 5) is 0. The number of aryl methyl sites for hydroxylation is 1. The molecule has 1 aliphatic heterocycles. The van der Waals surface area contributed by atoms with E-state index < -0.39 is 0 Å². The Bertz CT molecular complexity index is 642. The van der Waals surface area contributed by atoms with Crippen molar-refractivity contribution in [3.05, 3.63) is 23.0 Å². The van der Waals surface area contributed by atoms with Gasteiger partial charge in [0.15, 0.2) is 5.82 Å². The molecule has 0 spiro atoms. The van der Waals surface area contributed by atoms with Gasteiger partial charge in [-0.1, -0.05) is 0 Å². The number of nitrogen functional groups attached to an aromatic ring is 1. The number of hydrogen-bond donors (Lipinski definition) is 1. The Morgan fingerprint density at radius 1 is 1.44 bits per heavy atom. The molecule has 0 bridgehead atoms. The molecule has 0 atom stereocenters. The van der Waals surface area contributed by atoms with Crippen molar-refractivity contribution in [1.29, 1.82) is 5.26 Å². The molecule has 0 radical (unpaired) electrons. The summed E-state index contributed by atoms with van der Waals surface area (Å²) in [6, 6.07) is 2.02. The highest BCUT2D eigenvalue weighted by Gasteiger charge is 2.20. The minimum atomic E-state index is 0.357. The van der Waals surface area contributed by atoms with Crippen molar-refractivity contribution in [2.24, 2.45) is 0 Å². The van der Waals surface area contributed by atoms with Crippen LogP contribution in [0.15, 0.2) is 6.20 Å². The molecular formula is C12H14N6. The van der Waals surface area contributed by atoms with Crippen LogP contribution >= 0.6 is 0 Å². The Balaban J connectivity index is 2.15. The third-order valence-electron chi connectivity index (χ3n) is 3.46. The van der Waals surface area contributed by atoms with Gasteiger partial charge in [-0.3, -0.25) is 4.68 Å². The molecule has 0 amide bonds. The summed E-state index contributed by atoms with van der Waals surface area (Å²) >= 11 is 0. The summed E-state index contributed by atoms with van der Waals surface area (Å²) in [6.07, 6.45) is 4.88. The van der Waals surface area contributed by atoms with E-state index in [9.17, 15) is 0 Å². The number of nitriles is 1. The zero-order valence-electron chi connectivity index (χ0n) is 10.2. The quantitative estimate of drug-likeness (QED) is 0.813. The van der Waals surface area contributed by atoms with Crippen LogP contribution in [0.25, 0.3) is 5.82 Å². The Labute approximate surface area is 105 Å². The fourth-order valence-corrected chi connectivity index (χ4v) is 2.44. The minimum absolute atomic E-state index is 0.357. The molecule has 6 heteroatoms. The summed E-state index contributed by atoms with van der Waals surface area (Å²) in [5.74, 6) is 1.10. The van der Waals surface area contributed by atoms with Gasteiger partial charge < -0.3 is 5.73 Å². The molecule has 6 nitrogen and oxygen atoms in total. The lowest BCUT2D eigenvalue weighted by atomic mass is 10.1. The van der Waals surface area contributed by atoms with E-state index in [4.69, 9.17) is 11.0 Å². The van der Waals surface area contributed by atoms with Crippen LogP contribution in [0.5, 0.6) is 0 Å². The van der Waals surface area contributed by atoms with Crippen molar-refractivity contribution in [3.63, 3.8) is 0 Å². The first-order valence-electron chi connectivity index (χ1n) is 6.02. The zero-order chi connectivity index (χ0) is 12.7. The second kappa shape index (κ2) is 3.88. The van der Waals surface area contributed by atoms with E-state index in [1.165, 1.54) is 18.3 Å². The molecule has 92 valence electrons. The Kier molecular flexibility index (Phi) is 2.33. The predicted octanol–water partition coefficient (Wildman–Crippen LogP) is 1.17. The van der Waals surface area contributed by atoms with Crippen LogP contribution in [0, 0.1) is 18.3 Å². The first-order valence-corrected chi connectivity index (χ1v) is 6.02. The lowest BCUT2D eigenvalue weighted by Gasteiger charge is -2.12. The zero-order valence-corrected chi connectivity index (χ0v) is 10.2. The number of aromatic nitrogens is 4. The molecule has 2 aromatic rings. The van der Waals surface area contributed by atoms with Crippen LogP contribution in [-0.4, -0.2) is 19.6 Å². The van der Waals surface area contributed by atoms with E-state index in [1.807, 2.05) is 17.7 Å². The monoisotopic (exact) mass is 242 g/mol. The molecule has 0 saturated heterocycles. The maximum atomic E-state index is 8.90. The topological polar surface area (TPSA) is 85.4 Å². The maximum Gasteiger partial charge on any atom is 0.180 e. The molecule has 0 saturated carbocycles. The van der Waals surface area contributed by atoms with Gasteiger partial charge in [0.1, 0.15) is 17.5 Å². The number of hydrogen-bond acceptors (Lipinski definition) is 4. The fraction of sp³-hybridized carbons (Fsp3) is 0.417. The number of anilines is 1. The summed E-state index contributed by atoms with van der Waals surface area (Å²) < 4.78 is 3.58. The van der Waals surface area contributed by atoms with E-state index in [2.05, 4.69) is 10.2 Å². The Morgan fingerprint density at radius 2 is 2.28 bits per heavy atom.